The molecule has 104 valence electrons. The first kappa shape index (κ1) is 12.5. The highest BCUT2D eigenvalue weighted by Crippen LogP contribution is 2.17. The molecule has 2 aromatic rings. The minimum absolute atomic E-state index is 0.281. The van der Waals surface area contributed by atoms with Gasteiger partial charge in [-0.3, -0.25) is 9.89 Å². The van der Waals surface area contributed by atoms with Crippen LogP contribution in [-0.4, -0.2) is 56.4 Å². The van der Waals surface area contributed by atoms with Crippen LogP contribution in [0.4, 0.5) is 5.82 Å². The molecule has 0 bridgehead atoms. The third-order valence-corrected chi connectivity index (χ3v) is 3.24. The molecule has 0 spiro atoms. The Morgan fingerprint density at radius 3 is 3.00 bits per heavy atom. The van der Waals surface area contributed by atoms with Gasteiger partial charge in [-0.2, -0.15) is 5.10 Å². The lowest BCUT2D eigenvalue weighted by atomic mass is 10.2. The van der Waals surface area contributed by atoms with Crippen LogP contribution in [0.1, 0.15) is 10.5 Å². The van der Waals surface area contributed by atoms with Crippen LogP contribution in [0.25, 0.3) is 0 Å². The molecule has 3 heterocycles. The van der Waals surface area contributed by atoms with Gasteiger partial charge in [0, 0.05) is 25.5 Å². The molecule has 0 aliphatic carbocycles. The molecular formula is C12H14N6O2. The normalized spacial score (nSPS) is 21.9. The van der Waals surface area contributed by atoms with Crippen molar-refractivity contribution in [3.8, 4) is 0 Å². The zero-order chi connectivity index (χ0) is 13.9. The molecule has 3 rings (SSSR count). The van der Waals surface area contributed by atoms with Crippen molar-refractivity contribution in [1.82, 2.24) is 25.5 Å². The number of H-pyrrole nitrogens is 1. The standard InChI is InChI=1S/C12H14N6O2/c19-10-6-18(11-2-3-13-7-14-11)5-9(10)16-12(20)8-1-4-15-17-8/h1-4,7,9-10,19H,5-6H2,(H,15,17)(H,16,20)/t9-,10-/m1/s1. The van der Waals surface area contributed by atoms with E-state index in [4.69, 9.17) is 0 Å². The van der Waals surface area contributed by atoms with Gasteiger partial charge in [-0.1, -0.05) is 0 Å². The van der Waals surface area contributed by atoms with Gasteiger partial charge in [0.1, 0.15) is 17.8 Å². The van der Waals surface area contributed by atoms with E-state index in [9.17, 15) is 9.90 Å². The number of aromatic nitrogens is 4. The Bertz CT molecular complexity index is 573. The lowest BCUT2D eigenvalue weighted by Gasteiger charge is -2.16. The monoisotopic (exact) mass is 274 g/mol. The molecule has 1 saturated heterocycles. The number of rotatable bonds is 3. The van der Waals surface area contributed by atoms with Gasteiger partial charge in [0.2, 0.25) is 0 Å². The Balaban J connectivity index is 1.66. The zero-order valence-corrected chi connectivity index (χ0v) is 10.6. The summed E-state index contributed by atoms with van der Waals surface area (Å²) in [7, 11) is 0. The summed E-state index contributed by atoms with van der Waals surface area (Å²) in [5, 5.41) is 19.1. The quantitative estimate of drug-likeness (QED) is 0.675. The number of nitrogens with one attached hydrogen (secondary N) is 2. The number of carbonyl (C=O) groups excluding carboxylic acids is 1. The third kappa shape index (κ3) is 2.45. The molecule has 1 fully saturated rings. The molecule has 0 radical (unpaired) electrons. The Kier molecular flexibility index (Phi) is 3.30. The minimum atomic E-state index is -0.642. The summed E-state index contributed by atoms with van der Waals surface area (Å²) in [4.78, 5) is 21.8. The molecule has 0 aromatic carbocycles. The lowest BCUT2D eigenvalue weighted by molar-refractivity contribution is 0.0883. The molecule has 3 N–H and O–H groups in total. The molecule has 8 nitrogen and oxygen atoms in total. The molecule has 0 unspecified atom stereocenters. The van der Waals surface area contributed by atoms with Crippen molar-refractivity contribution in [1.29, 1.82) is 0 Å². The van der Waals surface area contributed by atoms with Gasteiger partial charge in [0.15, 0.2) is 0 Å². The molecule has 1 aliphatic heterocycles. The zero-order valence-electron chi connectivity index (χ0n) is 10.6. The lowest BCUT2D eigenvalue weighted by Crippen LogP contribution is -2.43. The fourth-order valence-corrected chi connectivity index (χ4v) is 2.21. The van der Waals surface area contributed by atoms with Crippen LogP contribution >= 0.6 is 0 Å². The van der Waals surface area contributed by atoms with Crippen molar-refractivity contribution in [2.24, 2.45) is 0 Å². The Morgan fingerprint density at radius 2 is 2.30 bits per heavy atom. The van der Waals surface area contributed by atoms with Crippen molar-refractivity contribution in [2.75, 3.05) is 18.0 Å². The maximum Gasteiger partial charge on any atom is 0.269 e. The summed E-state index contributed by atoms with van der Waals surface area (Å²) in [5.74, 6) is 0.452. The predicted molar refractivity (Wildman–Crippen MR) is 70.1 cm³/mol. The number of nitrogens with zero attached hydrogens (tertiary/aromatic N) is 4. The number of amides is 1. The van der Waals surface area contributed by atoms with Gasteiger partial charge in [-0.05, 0) is 12.1 Å². The fourth-order valence-electron chi connectivity index (χ4n) is 2.21. The maximum atomic E-state index is 11.9. The number of aliphatic hydroxyl groups is 1. The molecule has 1 aliphatic rings. The van der Waals surface area contributed by atoms with E-state index in [0.29, 0.717) is 18.8 Å². The number of anilines is 1. The highest BCUT2D eigenvalue weighted by molar-refractivity contribution is 5.92. The number of aromatic amines is 1. The van der Waals surface area contributed by atoms with E-state index in [0.717, 1.165) is 5.82 Å². The Morgan fingerprint density at radius 1 is 1.40 bits per heavy atom. The van der Waals surface area contributed by atoms with E-state index in [2.05, 4.69) is 25.5 Å². The van der Waals surface area contributed by atoms with Crippen LogP contribution in [0.15, 0.2) is 30.9 Å². The van der Waals surface area contributed by atoms with Gasteiger partial charge in [0.05, 0.1) is 12.1 Å². The molecule has 2 atom stereocenters. The second-order valence-corrected chi connectivity index (χ2v) is 4.59. The van der Waals surface area contributed by atoms with Crippen molar-refractivity contribution < 1.29 is 9.90 Å². The summed E-state index contributed by atoms with van der Waals surface area (Å²) in [6.07, 6.45) is 3.97. The summed E-state index contributed by atoms with van der Waals surface area (Å²) >= 11 is 0. The number of β-amino-alcohol motifs (C(OH)–C–C–N with tert-alkyl or cyclic N) is 1. The third-order valence-electron chi connectivity index (χ3n) is 3.24. The average Bonchev–Trinajstić information content (AvgIpc) is 3.10. The predicted octanol–water partition coefficient (Wildman–Crippen LogP) is -0.821. The van der Waals surface area contributed by atoms with Gasteiger partial charge >= 0.3 is 0 Å². The number of hydrogen-bond donors (Lipinski definition) is 3. The van der Waals surface area contributed by atoms with E-state index < -0.39 is 6.10 Å². The van der Waals surface area contributed by atoms with E-state index >= 15 is 0 Å². The summed E-state index contributed by atoms with van der Waals surface area (Å²) in [6.45, 7) is 0.920. The van der Waals surface area contributed by atoms with Gasteiger partial charge in [-0.25, -0.2) is 9.97 Å². The molecular weight excluding hydrogens is 260 g/mol. The fraction of sp³-hybridized carbons (Fsp3) is 0.333. The van der Waals surface area contributed by atoms with Gasteiger partial charge in [-0.15, -0.1) is 0 Å². The second kappa shape index (κ2) is 5.25. The van der Waals surface area contributed by atoms with Gasteiger partial charge in [0.25, 0.3) is 5.91 Å². The van der Waals surface area contributed by atoms with Crippen molar-refractivity contribution in [2.45, 2.75) is 12.1 Å². The molecule has 8 heteroatoms. The molecule has 20 heavy (non-hydrogen) atoms. The summed E-state index contributed by atoms with van der Waals surface area (Å²) < 4.78 is 0. The number of aliphatic hydroxyl groups excluding tert-OH is 1. The topological polar surface area (TPSA) is 107 Å². The molecule has 1 amide bonds. The number of carbonyl (C=O) groups is 1. The highest BCUT2D eigenvalue weighted by Gasteiger charge is 2.33. The van der Waals surface area contributed by atoms with Crippen molar-refractivity contribution >= 4 is 11.7 Å². The van der Waals surface area contributed by atoms with Crippen molar-refractivity contribution in [3.05, 3.63) is 36.5 Å². The second-order valence-electron chi connectivity index (χ2n) is 4.59. The first-order chi connectivity index (χ1) is 9.74. The summed E-state index contributed by atoms with van der Waals surface area (Å²) in [6, 6.07) is 3.01. The first-order valence-electron chi connectivity index (χ1n) is 6.23. The van der Waals surface area contributed by atoms with Crippen LogP contribution in [0.3, 0.4) is 0 Å². The smallest absolute Gasteiger partial charge is 0.269 e. The van der Waals surface area contributed by atoms with Crippen LogP contribution in [0.2, 0.25) is 0 Å². The molecule has 0 saturated carbocycles. The SMILES string of the molecule is O=C(N[C@@H]1CN(c2ccncn2)C[C@H]1O)c1ccn[nH]1. The van der Waals surface area contributed by atoms with Crippen LogP contribution in [0.5, 0.6) is 0 Å². The van der Waals surface area contributed by atoms with Gasteiger partial charge < -0.3 is 15.3 Å². The van der Waals surface area contributed by atoms with Crippen molar-refractivity contribution in [3.63, 3.8) is 0 Å². The Hall–Kier alpha value is -2.48. The minimum Gasteiger partial charge on any atom is -0.389 e. The van der Waals surface area contributed by atoms with Crippen LogP contribution < -0.4 is 10.2 Å². The number of hydrogen-bond acceptors (Lipinski definition) is 6. The van der Waals surface area contributed by atoms with Crippen LogP contribution in [0, 0.1) is 0 Å². The Labute approximate surface area is 114 Å². The maximum absolute atomic E-state index is 11.9. The molecule has 2 aromatic heterocycles. The summed E-state index contributed by atoms with van der Waals surface area (Å²) in [5.41, 5.74) is 0.373. The largest absolute Gasteiger partial charge is 0.389 e. The van der Waals surface area contributed by atoms with E-state index in [1.165, 1.54) is 12.5 Å². The first-order valence-corrected chi connectivity index (χ1v) is 6.23. The van der Waals surface area contributed by atoms with E-state index in [1.54, 1.807) is 18.3 Å². The van der Waals surface area contributed by atoms with E-state index in [-0.39, 0.29) is 11.9 Å². The van der Waals surface area contributed by atoms with Crippen LogP contribution in [-0.2, 0) is 0 Å². The van der Waals surface area contributed by atoms with E-state index in [1.807, 2.05) is 4.90 Å². The average molecular weight is 274 g/mol. The highest BCUT2D eigenvalue weighted by atomic mass is 16.3.